The Morgan fingerprint density at radius 2 is 1.57 bits per heavy atom. The number of rotatable bonds is 2. The van der Waals surface area contributed by atoms with E-state index in [1.165, 1.54) is 11.8 Å². The van der Waals surface area contributed by atoms with Crippen LogP contribution in [0.4, 0.5) is 8.78 Å². The summed E-state index contributed by atoms with van der Waals surface area (Å²) in [6.45, 7) is 12.2. The number of hydrogen-bond acceptors (Lipinski definition) is 1. The van der Waals surface area contributed by atoms with Gasteiger partial charge in [0.25, 0.3) is 0 Å². The SMILES string of the molecule is CC(C)(C)SC(=C=C(F)F)[Si](C)(C)C. The molecule has 0 N–H and O–H groups in total. The third-order valence-corrected chi connectivity index (χ3v) is 5.85. The van der Waals surface area contributed by atoms with Crippen molar-refractivity contribution in [1.82, 2.24) is 0 Å². The van der Waals surface area contributed by atoms with E-state index in [0.29, 0.717) is 0 Å². The highest BCUT2D eigenvalue weighted by atomic mass is 32.2. The fourth-order valence-corrected chi connectivity index (χ4v) is 4.11. The fourth-order valence-electron chi connectivity index (χ4n) is 0.758. The van der Waals surface area contributed by atoms with Gasteiger partial charge in [-0.2, -0.15) is 8.78 Å². The van der Waals surface area contributed by atoms with Crippen LogP contribution in [-0.2, 0) is 0 Å². The number of hydrogen-bond donors (Lipinski definition) is 0. The standard InChI is InChI=1S/C10H18F2SSi/c1-10(2,3)13-9(7-8(11)12)14(4,5)6/h1-6H3. The molecule has 0 aliphatic rings. The van der Waals surface area contributed by atoms with Crippen LogP contribution in [0.15, 0.2) is 16.3 Å². The van der Waals surface area contributed by atoms with Crippen molar-refractivity contribution in [2.24, 2.45) is 0 Å². The van der Waals surface area contributed by atoms with Crippen LogP contribution in [0.2, 0.25) is 19.6 Å². The molecule has 0 nitrogen and oxygen atoms in total. The Balaban J connectivity index is 5.08. The van der Waals surface area contributed by atoms with Crippen LogP contribution in [0.1, 0.15) is 20.8 Å². The Bertz CT molecular complexity index is 261. The summed E-state index contributed by atoms with van der Waals surface area (Å²) < 4.78 is 25.1. The van der Waals surface area contributed by atoms with E-state index < -0.39 is 14.2 Å². The van der Waals surface area contributed by atoms with Gasteiger partial charge in [-0.25, -0.2) is 0 Å². The first-order valence-electron chi connectivity index (χ1n) is 4.54. The number of halogens is 2. The second-order valence-corrected chi connectivity index (χ2v) is 12.4. The van der Waals surface area contributed by atoms with Gasteiger partial charge in [0.2, 0.25) is 0 Å². The van der Waals surface area contributed by atoms with Gasteiger partial charge in [0.1, 0.15) is 0 Å². The lowest BCUT2D eigenvalue weighted by molar-refractivity contribution is 0.424. The van der Waals surface area contributed by atoms with Crippen molar-refractivity contribution in [3.05, 3.63) is 16.3 Å². The molecule has 0 aromatic carbocycles. The van der Waals surface area contributed by atoms with Gasteiger partial charge in [-0.1, -0.05) is 40.4 Å². The minimum Gasteiger partial charge on any atom is -0.164 e. The third kappa shape index (κ3) is 6.41. The molecule has 4 heteroatoms. The van der Waals surface area contributed by atoms with E-state index in [1.807, 2.05) is 20.8 Å². The van der Waals surface area contributed by atoms with Crippen LogP contribution in [0.5, 0.6) is 0 Å². The molecule has 14 heavy (non-hydrogen) atoms. The van der Waals surface area contributed by atoms with Crippen molar-refractivity contribution in [3.63, 3.8) is 0 Å². The molecular weight excluding hydrogens is 218 g/mol. The van der Waals surface area contributed by atoms with Crippen LogP contribution < -0.4 is 0 Å². The van der Waals surface area contributed by atoms with E-state index in [1.54, 1.807) is 0 Å². The lowest BCUT2D eigenvalue weighted by Gasteiger charge is -2.25. The van der Waals surface area contributed by atoms with Gasteiger partial charge in [-0.15, -0.1) is 11.8 Å². The molecule has 0 aromatic rings. The minimum absolute atomic E-state index is 0.0297. The third-order valence-electron chi connectivity index (χ3n) is 1.30. The molecule has 0 atom stereocenters. The Morgan fingerprint density at radius 3 is 1.79 bits per heavy atom. The van der Waals surface area contributed by atoms with Gasteiger partial charge in [-0.05, 0) is 5.73 Å². The second-order valence-electron chi connectivity index (χ2n) is 5.18. The molecule has 0 aliphatic heterocycles. The van der Waals surface area contributed by atoms with Crippen molar-refractivity contribution >= 4 is 19.8 Å². The topological polar surface area (TPSA) is 0 Å². The molecule has 0 heterocycles. The molecule has 0 aromatic heterocycles. The van der Waals surface area contributed by atoms with Crippen LogP contribution in [0.25, 0.3) is 0 Å². The molecular formula is C10H18F2SSi. The summed E-state index contributed by atoms with van der Waals surface area (Å²) >= 11 is 1.50. The average Bonchev–Trinajstić information content (AvgIpc) is 1.78. The Morgan fingerprint density at radius 1 is 1.14 bits per heavy atom. The first kappa shape index (κ1) is 13.9. The first-order chi connectivity index (χ1) is 6.02. The molecule has 0 saturated heterocycles. The van der Waals surface area contributed by atoms with Gasteiger partial charge in [0.15, 0.2) is 0 Å². The Kier molecular flexibility index (Phi) is 4.63. The molecule has 0 radical (unpaired) electrons. The molecule has 0 bridgehead atoms. The van der Waals surface area contributed by atoms with Gasteiger partial charge in [0, 0.05) is 9.28 Å². The average molecular weight is 236 g/mol. The quantitative estimate of drug-likeness (QED) is 0.496. The minimum atomic E-state index is -1.71. The van der Waals surface area contributed by atoms with Crippen LogP contribution in [0, 0.1) is 0 Å². The maximum Gasteiger partial charge on any atom is 0.313 e. The van der Waals surface area contributed by atoms with E-state index >= 15 is 0 Å². The van der Waals surface area contributed by atoms with E-state index in [4.69, 9.17) is 0 Å². The summed E-state index contributed by atoms with van der Waals surface area (Å²) in [5, 5.41) is 0. The lowest BCUT2D eigenvalue weighted by atomic mass is 10.3. The van der Waals surface area contributed by atoms with Crippen molar-refractivity contribution < 1.29 is 8.78 Å². The van der Waals surface area contributed by atoms with Crippen molar-refractivity contribution in [3.8, 4) is 0 Å². The largest absolute Gasteiger partial charge is 0.313 e. The van der Waals surface area contributed by atoms with Gasteiger partial charge >= 0.3 is 6.08 Å². The molecule has 82 valence electrons. The summed E-state index contributed by atoms with van der Waals surface area (Å²) in [4.78, 5) is 0. The first-order valence-corrected chi connectivity index (χ1v) is 8.85. The highest BCUT2D eigenvalue weighted by Crippen LogP contribution is 2.36. The van der Waals surface area contributed by atoms with Gasteiger partial charge in [0.05, 0.1) is 8.07 Å². The highest BCUT2D eigenvalue weighted by molar-refractivity contribution is 8.06. The van der Waals surface area contributed by atoms with Gasteiger partial charge in [-0.3, -0.25) is 0 Å². The smallest absolute Gasteiger partial charge is 0.164 e. The molecule has 0 fully saturated rings. The zero-order valence-corrected chi connectivity index (χ0v) is 11.5. The van der Waals surface area contributed by atoms with Crippen LogP contribution in [0.3, 0.4) is 0 Å². The zero-order valence-electron chi connectivity index (χ0n) is 9.66. The Labute approximate surface area is 90.5 Å². The van der Waals surface area contributed by atoms with Crippen LogP contribution in [-0.4, -0.2) is 12.8 Å². The molecule has 0 unspecified atom stereocenters. The highest BCUT2D eigenvalue weighted by Gasteiger charge is 2.25. The van der Waals surface area contributed by atoms with E-state index in [2.05, 4.69) is 25.4 Å². The second kappa shape index (κ2) is 4.64. The lowest BCUT2D eigenvalue weighted by Crippen LogP contribution is -2.25. The normalized spacial score (nSPS) is 12.3. The number of thioether (sulfide) groups is 1. The van der Waals surface area contributed by atoms with Crippen molar-refractivity contribution in [2.45, 2.75) is 45.2 Å². The van der Waals surface area contributed by atoms with Crippen LogP contribution >= 0.6 is 11.8 Å². The summed E-state index contributed by atoms with van der Waals surface area (Å²) in [5.74, 6) is 0. The molecule has 0 amide bonds. The fraction of sp³-hybridized carbons (Fsp3) is 0.700. The van der Waals surface area contributed by atoms with Crippen molar-refractivity contribution in [1.29, 1.82) is 0 Å². The predicted molar refractivity (Wildman–Crippen MR) is 63.4 cm³/mol. The molecule has 0 saturated carbocycles. The maximum atomic E-state index is 12.2. The van der Waals surface area contributed by atoms with E-state index in [9.17, 15) is 8.78 Å². The van der Waals surface area contributed by atoms with E-state index in [0.717, 1.165) is 4.53 Å². The van der Waals surface area contributed by atoms with Gasteiger partial charge < -0.3 is 0 Å². The molecule has 0 spiro atoms. The summed E-state index contributed by atoms with van der Waals surface area (Å²) in [5.41, 5.74) is 2.20. The van der Waals surface area contributed by atoms with Crippen molar-refractivity contribution in [2.75, 3.05) is 0 Å². The zero-order chi connectivity index (χ0) is 11.6. The summed E-state index contributed by atoms with van der Waals surface area (Å²) in [7, 11) is -1.69. The van der Waals surface area contributed by atoms with E-state index in [-0.39, 0.29) is 4.75 Å². The maximum absolute atomic E-state index is 12.2. The Hall–Kier alpha value is -0.0531. The molecule has 0 rings (SSSR count). The summed E-state index contributed by atoms with van der Waals surface area (Å²) in [6, 6.07) is 0. The predicted octanol–water partition coefficient (Wildman–Crippen LogP) is 4.66. The summed E-state index contributed by atoms with van der Waals surface area (Å²) in [6.07, 6.45) is -1.71. The molecule has 0 aliphatic carbocycles. The monoisotopic (exact) mass is 236 g/mol.